The van der Waals surface area contributed by atoms with E-state index in [0.717, 1.165) is 0 Å². The molecule has 2 atom stereocenters. The van der Waals surface area contributed by atoms with Crippen LogP contribution in [0.1, 0.15) is 48.5 Å². The average molecular weight is 243 g/mol. The van der Waals surface area contributed by atoms with Gasteiger partial charge in [-0.25, -0.2) is 0 Å². The van der Waals surface area contributed by atoms with Gasteiger partial charge in [0, 0.05) is 18.9 Å². The molecule has 1 aliphatic rings. The van der Waals surface area contributed by atoms with Gasteiger partial charge in [0.2, 0.25) is 5.91 Å². The first-order valence-corrected chi connectivity index (χ1v) is 6.19. The van der Waals surface area contributed by atoms with E-state index in [1.165, 1.54) is 0 Å². The zero-order chi connectivity index (χ0) is 13.4. The standard InChI is InChI=1S/C13H25NO3/c1-8-16-11-13(6,7)17-10(12(3,4)5)14(11)9(2)15/h10-11H,8H2,1-7H3. The van der Waals surface area contributed by atoms with Crippen LogP contribution in [0, 0.1) is 5.41 Å². The molecule has 0 spiro atoms. The van der Waals surface area contributed by atoms with E-state index in [1.807, 2.05) is 20.8 Å². The van der Waals surface area contributed by atoms with Crippen LogP contribution in [0.4, 0.5) is 0 Å². The maximum atomic E-state index is 11.8. The van der Waals surface area contributed by atoms with Gasteiger partial charge in [0.25, 0.3) is 0 Å². The molecule has 4 heteroatoms. The fourth-order valence-electron chi connectivity index (χ4n) is 2.22. The molecule has 0 aromatic heterocycles. The van der Waals surface area contributed by atoms with Gasteiger partial charge in [-0.2, -0.15) is 0 Å². The number of carbonyl (C=O) groups is 1. The van der Waals surface area contributed by atoms with E-state index >= 15 is 0 Å². The van der Waals surface area contributed by atoms with Crippen molar-refractivity contribution in [1.29, 1.82) is 0 Å². The molecule has 1 rings (SSSR count). The second-order valence-corrected chi connectivity index (χ2v) is 6.17. The molecule has 1 saturated heterocycles. The van der Waals surface area contributed by atoms with Crippen molar-refractivity contribution in [2.45, 2.75) is 66.5 Å². The first-order valence-electron chi connectivity index (χ1n) is 6.19. The lowest BCUT2D eigenvalue weighted by Gasteiger charge is -2.34. The van der Waals surface area contributed by atoms with Crippen molar-refractivity contribution in [2.24, 2.45) is 5.41 Å². The summed E-state index contributed by atoms with van der Waals surface area (Å²) in [4.78, 5) is 13.6. The van der Waals surface area contributed by atoms with Crippen molar-refractivity contribution in [2.75, 3.05) is 6.61 Å². The molecule has 1 fully saturated rings. The van der Waals surface area contributed by atoms with Crippen LogP contribution in [0.3, 0.4) is 0 Å². The van der Waals surface area contributed by atoms with Gasteiger partial charge >= 0.3 is 0 Å². The summed E-state index contributed by atoms with van der Waals surface area (Å²) >= 11 is 0. The fourth-order valence-corrected chi connectivity index (χ4v) is 2.22. The van der Waals surface area contributed by atoms with E-state index in [9.17, 15) is 4.79 Å². The highest BCUT2D eigenvalue weighted by atomic mass is 16.6. The Morgan fingerprint density at radius 1 is 1.41 bits per heavy atom. The fraction of sp³-hybridized carbons (Fsp3) is 0.923. The quantitative estimate of drug-likeness (QED) is 0.747. The van der Waals surface area contributed by atoms with Crippen LogP contribution < -0.4 is 0 Å². The molecule has 17 heavy (non-hydrogen) atoms. The summed E-state index contributed by atoms with van der Waals surface area (Å²) in [6, 6.07) is 0. The normalized spacial score (nSPS) is 28.5. The molecule has 0 bridgehead atoms. The average Bonchev–Trinajstić information content (AvgIpc) is 2.38. The Bertz CT molecular complexity index is 294. The van der Waals surface area contributed by atoms with Crippen LogP contribution in [-0.4, -0.2) is 35.5 Å². The molecule has 2 unspecified atom stereocenters. The smallest absolute Gasteiger partial charge is 0.223 e. The summed E-state index contributed by atoms with van der Waals surface area (Å²) < 4.78 is 11.7. The number of nitrogens with zero attached hydrogens (tertiary/aromatic N) is 1. The maximum Gasteiger partial charge on any atom is 0.223 e. The summed E-state index contributed by atoms with van der Waals surface area (Å²) in [6.45, 7) is 14.2. The third kappa shape index (κ3) is 2.80. The van der Waals surface area contributed by atoms with Crippen LogP contribution in [-0.2, 0) is 14.3 Å². The minimum Gasteiger partial charge on any atom is -0.355 e. The number of rotatable bonds is 2. The lowest BCUT2D eigenvalue weighted by atomic mass is 9.93. The lowest BCUT2D eigenvalue weighted by molar-refractivity contribution is -0.151. The molecule has 0 aromatic carbocycles. The van der Waals surface area contributed by atoms with Gasteiger partial charge in [0.05, 0.1) is 0 Å². The first kappa shape index (κ1) is 14.5. The van der Waals surface area contributed by atoms with Crippen LogP contribution >= 0.6 is 0 Å². The number of carbonyl (C=O) groups excluding carboxylic acids is 1. The Morgan fingerprint density at radius 2 is 1.94 bits per heavy atom. The number of amides is 1. The molecule has 1 amide bonds. The van der Waals surface area contributed by atoms with E-state index < -0.39 is 5.60 Å². The van der Waals surface area contributed by atoms with E-state index in [0.29, 0.717) is 6.61 Å². The predicted molar refractivity (Wildman–Crippen MR) is 66.3 cm³/mol. The molecule has 100 valence electrons. The zero-order valence-corrected chi connectivity index (χ0v) is 12.0. The monoisotopic (exact) mass is 243 g/mol. The second kappa shape index (κ2) is 4.58. The molecule has 1 aliphatic heterocycles. The summed E-state index contributed by atoms with van der Waals surface area (Å²) in [5.74, 6) is -0.00560. The van der Waals surface area contributed by atoms with E-state index in [1.54, 1.807) is 11.8 Å². The highest BCUT2D eigenvalue weighted by Gasteiger charge is 2.53. The predicted octanol–water partition coefficient (Wildman–Crippen LogP) is 2.38. The molecule has 0 aromatic rings. The van der Waals surface area contributed by atoms with Gasteiger partial charge in [-0.05, 0) is 20.8 Å². The second-order valence-electron chi connectivity index (χ2n) is 6.17. The molecule has 0 N–H and O–H groups in total. The van der Waals surface area contributed by atoms with Crippen molar-refractivity contribution < 1.29 is 14.3 Å². The summed E-state index contributed by atoms with van der Waals surface area (Å²) in [7, 11) is 0. The number of hydrogen-bond donors (Lipinski definition) is 0. The number of hydrogen-bond acceptors (Lipinski definition) is 3. The molecular weight excluding hydrogens is 218 g/mol. The van der Waals surface area contributed by atoms with Gasteiger partial charge < -0.3 is 9.47 Å². The molecule has 0 aliphatic carbocycles. The highest BCUT2D eigenvalue weighted by Crippen LogP contribution is 2.40. The summed E-state index contributed by atoms with van der Waals surface area (Å²) in [6.07, 6.45) is -0.555. The largest absolute Gasteiger partial charge is 0.355 e. The molecular formula is C13H25NO3. The van der Waals surface area contributed by atoms with Crippen molar-refractivity contribution in [3.63, 3.8) is 0 Å². The molecule has 4 nitrogen and oxygen atoms in total. The topological polar surface area (TPSA) is 38.8 Å². The SMILES string of the molecule is CCOC1N(C(C)=O)C(C(C)(C)C)OC1(C)C. The van der Waals surface area contributed by atoms with Gasteiger partial charge in [0.1, 0.15) is 11.8 Å². The van der Waals surface area contributed by atoms with Gasteiger partial charge in [-0.15, -0.1) is 0 Å². The maximum absolute atomic E-state index is 11.8. The van der Waals surface area contributed by atoms with Crippen molar-refractivity contribution >= 4 is 5.91 Å². The molecule has 0 radical (unpaired) electrons. The van der Waals surface area contributed by atoms with Crippen LogP contribution in [0.5, 0.6) is 0 Å². The third-order valence-corrected chi connectivity index (χ3v) is 2.94. The Balaban J connectivity index is 3.08. The van der Waals surface area contributed by atoms with E-state index in [-0.39, 0.29) is 23.8 Å². The first-order chi connectivity index (χ1) is 7.61. The molecule has 0 saturated carbocycles. The van der Waals surface area contributed by atoms with Crippen molar-refractivity contribution in [3.8, 4) is 0 Å². The van der Waals surface area contributed by atoms with Crippen molar-refractivity contribution in [3.05, 3.63) is 0 Å². The minimum absolute atomic E-state index is 0.00560. The van der Waals surface area contributed by atoms with Crippen molar-refractivity contribution in [1.82, 2.24) is 4.90 Å². The number of ether oxygens (including phenoxy) is 2. The molecule has 1 heterocycles. The lowest BCUT2D eigenvalue weighted by Crippen LogP contribution is -2.49. The zero-order valence-electron chi connectivity index (χ0n) is 12.0. The summed E-state index contributed by atoms with van der Waals surface area (Å²) in [5, 5.41) is 0. The minimum atomic E-state index is -0.473. The summed E-state index contributed by atoms with van der Waals surface area (Å²) in [5.41, 5.74) is -0.603. The Morgan fingerprint density at radius 3 is 2.29 bits per heavy atom. The van der Waals surface area contributed by atoms with Gasteiger partial charge in [0.15, 0.2) is 6.23 Å². The Kier molecular flexibility index (Phi) is 3.89. The van der Waals surface area contributed by atoms with Gasteiger partial charge in [-0.3, -0.25) is 9.69 Å². The van der Waals surface area contributed by atoms with Gasteiger partial charge in [-0.1, -0.05) is 20.8 Å². The van der Waals surface area contributed by atoms with Crippen LogP contribution in [0.15, 0.2) is 0 Å². The van der Waals surface area contributed by atoms with Crippen LogP contribution in [0.25, 0.3) is 0 Å². The Hall–Kier alpha value is -0.610. The third-order valence-electron chi connectivity index (χ3n) is 2.94. The van der Waals surface area contributed by atoms with Crippen LogP contribution in [0.2, 0.25) is 0 Å². The Labute approximate surface area is 104 Å². The van der Waals surface area contributed by atoms with E-state index in [4.69, 9.17) is 9.47 Å². The highest BCUT2D eigenvalue weighted by molar-refractivity contribution is 5.74. The van der Waals surface area contributed by atoms with E-state index in [2.05, 4.69) is 20.8 Å².